The van der Waals surface area contributed by atoms with Gasteiger partial charge in [-0.1, -0.05) is 13.0 Å². The maximum Gasteiger partial charge on any atom is 0.261 e. The first-order valence-electron chi connectivity index (χ1n) is 9.02. The first-order valence-corrected chi connectivity index (χ1v) is 11.7. The van der Waals surface area contributed by atoms with E-state index in [2.05, 4.69) is 10.6 Å². The van der Waals surface area contributed by atoms with E-state index in [0.717, 1.165) is 23.7 Å². The van der Waals surface area contributed by atoms with Crippen LogP contribution in [-0.2, 0) is 10.0 Å². The Morgan fingerprint density at radius 1 is 1.21 bits per heavy atom. The van der Waals surface area contributed by atoms with Crippen LogP contribution in [0.1, 0.15) is 38.9 Å². The zero-order valence-corrected chi connectivity index (χ0v) is 18.1. The van der Waals surface area contributed by atoms with Gasteiger partial charge in [-0.2, -0.15) is 0 Å². The number of hydrogen-bond donors (Lipinski definition) is 2. The molecule has 1 aromatic heterocycles. The van der Waals surface area contributed by atoms with Crippen molar-refractivity contribution in [3.05, 3.63) is 52.2 Å². The first kappa shape index (κ1) is 23.0. The highest BCUT2D eigenvalue weighted by Crippen LogP contribution is 2.27. The first-order chi connectivity index (χ1) is 13.6. The van der Waals surface area contributed by atoms with Gasteiger partial charge >= 0.3 is 0 Å². The van der Waals surface area contributed by atoms with E-state index in [1.807, 2.05) is 0 Å². The maximum absolute atomic E-state index is 13.3. The second-order valence-corrected chi connectivity index (χ2v) is 9.49. The molecule has 158 valence electrons. The van der Waals surface area contributed by atoms with Crippen LogP contribution in [0.3, 0.4) is 0 Å². The molecule has 0 unspecified atom stereocenters. The van der Waals surface area contributed by atoms with Gasteiger partial charge in [-0.05, 0) is 43.2 Å². The summed E-state index contributed by atoms with van der Waals surface area (Å²) in [6.07, 6.45) is 1.64. The van der Waals surface area contributed by atoms with Crippen molar-refractivity contribution in [1.29, 1.82) is 0 Å². The van der Waals surface area contributed by atoms with Gasteiger partial charge in [0, 0.05) is 25.2 Å². The quantitative estimate of drug-likeness (QED) is 0.585. The molecule has 2 amide bonds. The van der Waals surface area contributed by atoms with Crippen molar-refractivity contribution in [2.24, 2.45) is 0 Å². The minimum absolute atomic E-state index is 0.188. The van der Waals surface area contributed by atoms with Gasteiger partial charge in [-0.25, -0.2) is 17.1 Å². The third-order valence-electron chi connectivity index (χ3n) is 4.14. The largest absolute Gasteiger partial charge is 0.351 e. The van der Waals surface area contributed by atoms with Crippen molar-refractivity contribution in [2.45, 2.75) is 20.3 Å². The number of sulfonamides is 1. The fourth-order valence-electron chi connectivity index (χ4n) is 2.68. The summed E-state index contributed by atoms with van der Waals surface area (Å²) in [5.74, 6) is -1.25. The van der Waals surface area contributed by atoms with Gasteiger partial charge in [-0.15, -0.1) is 11.3 Å². The SMILES string of the molecule is CCN(CCCNC(=O)c1sc(NC(=O)c2cccc(F)c2)cc1C)S(C)(=O)=O. The maximum atomic E-state index is 13.3. The Hall–Kier alpha value is -2.30. The zero-order valence-electron chi connectivity index (χ0n) is 16.5. The monoisotopic (exact) mass is 441 g/mol. The predicted octanol–water partition coefficient (Wildman–Crippen LogP) is 2.85. The van der Waals surface area contributed by atoms with E-state index in [0.29, 0.717) is 41.5 Å². The number of rotatable bonds is 9. The molecule has 0 atom stereocenters. The molecule has 1 heterocycles. The van der Waals surface area contributed by atoms with Gasteiger partial charge in [0.25, 0.3) is 11.8 Å². The van der Waals surface area contributed by atoms with E-state index >= 15 is 0 Å². The molecule has 0 aliphatic rings. The number of nitrogens with zero attached hydrogens (tertiary/aromatic N) is 1. The fraction of sp³-hybridized carbons (Fsp3) is 0.368. The number of carbonyl (C=O) groups is 2. The molecule has 1 aromatic carbocycles. The van der Waals surface area contributed by atoms with Gasteiger partial charge in [0.1, 0.15) is 5.82 Å². The molecule has 0 aliphatic carbocycles. The highest BCUT2D eigenvalue weighted by Gasteiger charge is 2.17. The Kier molecular flexibility index (Phi) is 7.88. The van der Waals surface area contributed by atoms with Gasteiger partial charge in [0.15, 0.2) is 0 Å². The van der Waals surface area contributed by atoms with Crippen LogP contribution in [0.25, 0.3) is 0 Å². The molecule has 0 fully saturated rings. The Balaban J connectivity index is 1.92. The van der Waals surface area contributed by atoms with Gasteiger partial charge in [0.05, 0.1) is 16.1 Å². The highest BCUT2D eigenvalue weighted by molar-refractivity contribution is 7.88. The molecule has 0 saturated heterocycles. The predicted molar refractivity (Wildman–Crippen MR) is 112 cm³/mol. The zero-order chi connectivity index (χ0) is 21.6. The molecule has 0 spiro atoms. The number of halogens is 1. The molecule has 0 saturated carbocycles. The molecule has 0 aliphatic heterocycles. The molecule has 2 N–H and O–H groups in total. The summed E-state index contributed by atoms with van der Waals surface area (Å²) in [6, 6.07) is 7.03. The smallest absolute Gasteiger partial charge is 0.261 e. The van der Waals surface area contributed by atoms with Crippen molar-refractivity contribution >= 4 is 38.2 Å². The average Bonchev–Trinajstić information content (AvgIpc) is 3.00. The van der Waals surface area contributed by atoms with Crippen LogP contribution in [0.4, 0.5) is 9.39 Å². The number of thiophene rings is 1. The summed E-state index contributed by atoms with van der Waals surface area (Å²) in [7, 11) is -3.25. The average molecular weight is 442 g/mol. The van der Waals surface area contributed by atoms with E-state index in [9.17, 15) is 22.4 Å². The van der Waals surface area contributed by atoms with Crippen LogP contribution in [0.5, 0.6) is 0 Å². The third kappa shape index (κ3) is 6.62. The number of aryl methyl sites for hydroxylation is 1. The Morgan fingerprint density at radius 3 is 2.55 bits per heavy atom. The van der Waals surface area contributed by atoms with E-state index in [4.69, 9.17) is 0 Å². The molecule has 10 heteroatoms. The van der Waals surface area contributed by atoms with Crippen LogP contribution in [-0.4, -0.2) is 50.4 Å². The van der Waals surface area contributed by atoms with Crippen LogP contribution < -0.4 is 10.6 Å². The van der Waals surface area contributed by atoms with Crippen molar-refractivity contribution < 1.29 is 22.4 Å². The van der Waals surface area contributed by atoms with E-state index < -0.39 is 21.7 Å². The number of amides is 2. The van der Waals surface area contributed by atoms with Gasteiger partial charge < -0.3 is 10.6 Å². The third-order valence-corrected chi connectivity index (χ3v) is 6.67. The van der Waals surface area contributed by atoms with Crippen LogP contribution in [0.15, 0.2) is 30.3 Å². The Bertz CT molecular complexity index is 989. The number of anilines is 1. The summed E-state index contributed by atoms with van der Waals surface area (Å²) in [6.45, 7) is 4.55. The number of benzene rings is 1. The van der Waals surface area contributed by atoms with Crippen molar-refractivity contribution in [3.8, 4) is 0 Å². The normalized spacial score (nSPS) is 11.5. The van der Waals surface area contributed by atoms with Crippen molar-refractivity contribution in [1.82, 2.24) is 9.62 Å². The van der Waals surface area contributed by atoms with E-state index in [1.54, 1.807) is 19.9 Å². The minimum Gasteiger partial charge on any atom is -0.351 e. The lowest BCUT2D eigenvalue weighted by atomic mass is 10.2. The standard InChI is InChI=1S/C19H24FN3O4S2/c1-4-23(29(3,26)27)10-6-9-21-19(25)17-13(2)11-16(28-17)22-18(24)14-7-5-8-15(20)12-14/h5,7-8,11-12H,4,6,9-10H2,1-3H3,(H,21,25)(H,22,24). The van der Waals surface area contributed by atoms with Gasteiger partial charge in [-0.3, -0.25) is 9.59 Å². The molecule has 2 rings (SSSR count). The molecule has 0 radical (unpaired) electrons. The number of hydrogen-bond acceptors (Lipinski definition) is 5. The van der Waals surface area contributed by atoms with Crippen molar-refractivity contribution in [2.75, 3.05) is 31.2 Å². The lowest BCUT2D eigenvalue weighted by Gasteiger charge is -2.17. The van der Waals surface area contributed by atoms with Crippen LogP contribution in [0, 0.1) is 12.7 Å². The second-order valence-electron chi connectivity index (χ2n) is 6.45. The van der Waals surface area contributed by atoms with Crippen LogP contribution in [0.2, 0.25) is 0 Å². The second kappa shape index (κ2) is 9.95. The Morgan fingerprint density at radius 2 is 1.93 bits per heavy atom. The number of carbonyl (C=O) groups excluding carboxylic acids is 2. The fourth-order valence-corrected chi connectivity index (χ4v) is 4.59. The summed E-state index contributed by atoms with van der Waals surface area (Å²) in [5, 5.41) is 5.91. The molecule has 0 bridgehead atoms. The highest BCUT2D eigenvalue weighted by atomic mass is 32.2. The topological polar surface area (TPSA) is 95.6 Å². The number of nitrogens with one attached hydrogen (secondary N) is 2. The Labute approximate surface area is 174 Å². The molecular formula is C19H24FN3O4S2. The minimum atomic E-state index is -3.25. The van der Waals surface area contributed by atoms with Crippen LogP contribution >= 0.6 is 11.3 Å². The van der Waals surface area contributed by atoms with E-state index in [-0.39, 0.29) is 11.5 Å². The van der Waals surface area contributed by atoms with E-state index in [1.165, 1.54) is 22.5 Å². The lowest BCUT2D eigenvalue weighted by Crippen LogP contribution is -2.33. The summed E-state index contributed by atoms with van der Waals surface area (Å²) in [4.78, 5) is 25.1. The molecule has 29 heavy (non-hydrogen) atoms. The summed E-state index contributed by atoms with van der Waals surface area (Å²) >= 11 is 1.12. The summed E-state index contributed by atoms with van der Waals surface area (Å²) < 4.78 is 37.7. The van der Waals surface area contributed by atoms with Gasteiger partial charge in [0.2, 0.25) is 10.0 Å². The molecule has 7 nitrogen and oxygen atoms in total. The molecule has 2 aromatic rings. The lowest BCUT2D eigenvalue weighted by molar-refractivity contribution is 0.0955. The summed E-state index contributed by atoms with van der Waals surface area (Å²) in [5.41, 5.74) is 0.891. The molecular weight excluding hydrogens is 417 g/mol. The van der Waals surface area contributed by atoms with Crippen molar-refractivity contribution in [3.63, 3.8) is 0 Å².